The van der Waals surface area contributed by atoms with E-state index in [1.165, 1.54) is 12.3 Å². The number of nitrogens with one attached hydrogen (secondary N) is 2. The number of halogens is 2. The number of ether oxygens (including phenoxy) is 2. The summed E-state index contributed by atoms with van der Waals surface area (Å²) in [5.74, 6) is 1.67. The summed E-state index contributed by atoms with van der Waals surface area (Å²) < 4.78 is 47.9. The summed E-state index contributed by atoms with van der Waals surface area (Å²) in [6, 6.07) is 12.2. The van der Waals surface area contributed by atoms with Gasteiger partial charge in [-0.2, -0.15) is 0 Å². The van der Waals surface area contributed by atoms with E-state index < -0.39 is 9.84 Å². The zero-order valence-corrected chi connectivity index (χ0v) is 21.1. The highest BCUT2D eigenvalue weighted by Crippen LogP contribution is 2.32. The van der Waals surface area contributed by atoms with Gasteiger partial charge in [0.25, 0.3) is 0 Å². The van der Waals surface area contributed by atoms with Crippen LogP contribution >= 0.6 is 24.0 Å². The van der Waals surface area contributed by atoms with E-state index in [0.29, 0.717) is 62.2 Å². The van der Waals surface area contributed by atoms with Crippen LogP contribution in [0.4, 0.5) is 10.1 Å². The molecule has 2 aromatic rings. The number of aliphatic imine (C=N–C) groups is 1. The van der Waals surface area contributed by atoms with Gasteiger partial charge in [-0.05, 0) is 36.6 Å². The summed E-state index contributed by atoms with van der Waals surface area (Å²) >= 11 is 0. The molecule has 0 saturated carbocycles. The molecule has 2 aromatic carbocycles. The number of benzene rings is 2. The number of nitrogens with zero attached hydrogens (tertiary/aromatic N) is 1. The highest BCUT2D eigenvalue weighted by molar-refractivity contribution is 14.0. The smallest absolute Gasteiger partial charge is 0.195 e. The first kappa shape index (κ1) is 26.2. The van der Waals surface area contributed by atoms with Gasteiger partial charge in [-0.25, -0.2) is 12.8 Å². The van der Waals surface area contributed by atoms with E-state index in [4.69, 9.17) is 9.47 Å². The van der Waals surface area contributed by atoms with Crippen LogP contribution in [0.1, 0.15) is 18.4 Å². The fourth-order valence-corrected chi connectivity index (χ4v) is 3.71. The Labute approximate surface area is 205 Å². The summed E-state index contributed by atoms with van der Waals surface area (Å²) in [6.45, 7) is 2.00. The lowest BCUT2D eigenvalue weighted by atomic mass is 10.1. The largest absolute Gasteiger partial charge is 0.490 e. The molecular weight excluding hydrogens is 548 g/mol. The van der Waals surface area contributed by atoms with Crippen LogP contribution < -0.4 is 20.1 Å². The van der Waals surface area contributed by atoms with Gasteiger partial charge in [0.05, 0.1) is 19.0 Å². The van der Waals surface area contributed by atoms with E-state index in [1.54, 1.807) is 18.2 Å². The number of anilines is 1. The molecular formula is C22H29FIN3O4S. The van der Waals surface area contributed by atoms with Gasteiger partial charge in [-0.1, -0.05) is 18.2 Å². The summed E-state index contributed by atoms with van der Waals surface area (Å²) in [7, 11) is -3.03. The molecule has 0 atom stereocenters. The number of hydrogen-bond acceptors (Lipinski definition) is 5. The molecule has 10 heteroatoms. The third-order valence-corrected chi connectivity index (χ3v) is 5.63. The second-order valence-corrected chi connectivity index (χ2v) is 9.58. The number of rotatable bonds is 8. The van der Waals surface area contributed by atoms with Crippen LogP contribution in [0.25, 0.3) is 0 Å². The molecule has 7 nitrogen and oxygen atoms in total. The van der Waals surface area contributed by atoms with Gasteiger partial charge in [0.2, 0.25) is 0 Å². The lowest BCUT2D eigenvalue weighted by molar-refractivity contribution is 0.297. The first-order chi connectivity index (χ1) is 14.9. The predicted molar refractivity (Wildman–Crippen MR) is 136 cm³/mol. The molecule has 0 unspecified atom stereocenters. The lowest BCUT2D eigenvalue weighted by Gasteiger charge is -2.15. The molecule has 1 aliphatic heterocycles. The Balaban J connectivity index is 0.00000363. The van der Waals surface area contributed by atoms with Crippen molar-refractivity contribution in [2.75, 3.05) is 43.6 Å². The van der Waals surface area contributed by atoms with Crippen LogP contribution in [-0.4, -0.2) is 52.7 Å². The van der Waals surface area contributed by atoms with Crippen molar-refractivity contribution in [3.05, 3.63) is 53.8 Å². The molecule has 0 aromatic heterocycles. The van der Waals surface area contributed by atoms with Crippen molar-refractivity contribution in [3.8, 4) is 11.5 Å². The third kappa shape index (κ3) is 8.81. The fraction of sp³-hybridized carbons (Fsp3) is 0.409. The molecule has 0 fully saturated rings. The van der Waals surface area contributed by atoms with E-state index in [0.717, 1.165) is 12.1 Å². The molecule has 0 saturated heterocycles. The Morgan fingerprint density at radius 1 is 1.12 bits per heavy atom. The SMILES string of the molecule is CS(=O)(=O)CCCN=C(NCCc1ccccc1F)Nc1ccc2c(c1)OCCCO2.I. The van der Waals surface area contributed by atoms with E-state index in [9.17, 15) is 12.8 Å². The molecule has 2 N–H and O–H groups in total. The normalized spacial score (nSPS) is 13.6. The first-order valence-corrected chi connectivity index (χ1v) is 12.3. The minimum absolute atomic E-state index is 0. The summed E-state index contributed by atoms with van der Waals surface area (Å²) in [6.07, 6.45) is 2.93. The van der Waals surface area contributed by atoms with Crippen molar-refractivity contribution in [2.24, 2.45) is 4.99 Å². The molecule has 0 aliphatic carbocycles. The molecule has 0 spiro atoms. The molecule has 176 valence electrons. The maximum atomic E-state index is 13.9. The maximum absolute atomic E-state index is 13.9. The summed E-state index contributed by atoms with van der Waals surface area (Å²) in [4.78, 5) is 4.47. The zero-order valence-electron chi connectivity index (χ0n) is 18.0. The fourth-order valence-electron chi connectivity index (χ4n) is 3.05. The first-order valence-electron chi connectivity index (χ1n) is 10.3. The van der Waals surface area contributed by atoms with Gasteiger partial charge in [0, 0.05) is 37.5 Å². The molecule has 0 bridgehead atoms. The number of guanidine groups is 1. The quantitative estimate of drug-likeness (QED) is 0.216. The van der Waals surface area contributed by atoms with Gasteiger partial charge >= 0.3 is 0 Å². The van der Waals surface area contributed by atoms with E-state index in [2.05, 4.69) is 15.6 Å². The molecule has 3 rings (SSSR count). The van der Waals surface area contributed by atoms with Crippen molar-refractivity contribution < 1.29 is 22.3 Å². The van der Waals surface area contributed by atoms with E-state index >= 15 is 0 Å². The molecule has 32 heavy (non-hydrogen) atoms. The van der Waals surface area contributed by atoms with E-state index in [1.807, 2.05) is 18.2 Å². The number of sulfone groups is 1. The topological polar surface area (TPSA) is 89.0 Å². The van der Waals surface area contributed by atoms with Crippen LogP contribution in [0.2, 0.25) is 0 Å². The molecule has 0 radical (unpaired) electrons. The molecule has 1 aliphatic rings. The third-order valence-electron chi connectivity index (χ3n) is 4.60. The van der Waals surface area contributed by atoms with Crippen molar-refractivity contribution in [1.82, 2.24) is 5.32 Å². The van der Waals surface area contributed by atoms with Gasteiger partial charge in [-0.3, -0.25) is 4.99 Å². The van der Waals surface area contributed by atoms with Gasteiger partial charge in [0.15, 0.2) is 17.5 Å². The highest BCUT2D eigenvalue weighted by atomic mass is 127. The van der Waals surface area contributed by atoms with Crippen molar-refractivity contribution in [3.63, 3.8) is 0 Å². The Morgan fingerprint density at radius 2 is 1.88 bits per heavy atom. The minimum Gasteiger partial charge on any atom is -0.490 e. The van der Waals surface area contributed by atoms with Crippen molar-refractivity contribution in [1.29, 1.82) is 0 Å². The minimum atomic E-state index is -3.03. The van der Waals surface area contributed by atoms with Crippen LogP contribution in [0.15, 0.2) is 47.5 Å². The standard InChI is InChI=1S/C22H28FN3O4S.HI/c1-31(27,28)15-4-11-24-22(25-12-10-17-6-2-3-7-19(17)23)26-18-8-9-20-21(16-18)30-14-5-13-29-20;/h2-3,6-9,16H,4-5,10-15H2,1H3,(H2,24,25,26);1H. The monoisotopic (exact) mass is 577 g/mol. The summed E-state index contributed by atoms with van der Waals surface area (Å²) in [5, 5.41) is 6.39. The molecule has 0 amide bonds. The maximum Gasteiger partial charge on any atom is 0.195 e. The van der Waals surface area contributed by atoms with Gasteiger partial charge in [0.1, 0.15) is 15.7 Å². The predicted octanol–water partition coefficient (Wildman–Crippen LogP) is 3.64. The lowest BCUT2D eigenvalue weighted by Crippen LogP contribution is -2.33. The number of fused-ring (bicyclic) bond motifs is 1. The van der Waals surface area contributed by atoms with Crippen LogP contribution in [-0.2, 0) is 16.3 Å². The second kappa shape index (κ2) is 12.8. The molecule has 1 heterocycles. The Morgan fingerprint density at radius 3 is 2.62 bits per heavy atom. The van der Waals surface area contributed by atoms with E-state index in [-0.39, 0.29) is 35.5 Å². The van der Waals surface area contributed by atoms with Gasteiger partial charge in [-0.15, -0.1) is 24.0 Å². The highest BCUT2D eigenvalue weighted by Gasteiger charge is 2.12. The summed E-state index contributed by atoms with van der Waals surface area (Å²) in [5.41, 5.74) is 1.37. The average molecular weight is 577 g/mol. The van der Waals surface area contributed by atoms with Crippen molar-refractivity contribution >= 4 is 45.5 Å². The Bertz CT molecular complexity index is 1020. The Kier molecular flexibility index (Phi) is 10.5. The second-order valence-electron chi connectivity index (χ2n) is 7.32. The van der Waals surface area contributed by atoms with Crippen LogP contribution in [0.5, 0.6) is 11.5 Å². The number of hydrogen-bond donors (Lipinski definition) is 2. The van der Waals surface area contributed by atoms with Crippen LogP contribution in [0.3, 0.4) is 0 Å². The zero-order chi connectivity index (χ0) is 22.1. The van der Waals surface area contributed by atoms with Gasteiger partial charge < -0.3 is 20.1 Å². The Hall–Kier alpha value is -2.08. The van der Waals surface area contributed by atoms with Crippen LogP contribution in [0, 0.1) is 5.82 Å². The average Bonchev–Trinajstić information content (AvgIpc) is 2.96. The van der Waals surface area contributed by atoms with Crippen molar-refractivity contribution in [2.45, 2.75) is 19.3 Å².